The van der Waals surface area contributed by atoms with Gasteiger partial charge in [-0.15, -0.1) is 11.3 Å². The number of hydrogen-bond acceptors (Lipinski definition) is 8. The molecule has 10 nitrogen and oxygen atoms in total. The first kappa shape index (κ1) is 27.8. The van der Waals surface area contributed by atoms with Gasteiger partial charge >= 0.3 is 12.1 Å². The predicted molar refractivity (Wildman–Crippen MR) is 133 cm³/mol. The molecule has 1 heterocycles. The Balaban J connectivity index is 2.00. The van der Waals surface area contributed by atoms with Crippen LogP contribution in [-0.2, 0) is 19.1 Å². The summed E-state index contributed by atoms with van der Waals surface area (Å²) in [6, 6.07) is 6.40. The van der Waals surface area contributed by atoms with Crippen molar-refractivity contribution in [3.63, 3.8) is 0 Å². The lowest BCUT2D eigenvalue weighted by Gasteiger charge is -2.21. The van der Waals surface area contributed by atoms with Gasteiger partial charge in [0.25, 0.3) is 5.91 Å². The molecular weight excluding hydrogens is 472 g/mol. The summed E-state index contributed by atoms with van der Waals surface area (Å²) in [5.74, 6) is -1.31. The van der Waals surface area contributed by atoms with E-state index >= 15 is 0 Å². The fraction of sp³-hybridized carbons (Fsp3) is 0.458. The number of carbonyl (C=O) groups excluding carboxylic acids is 4. The van der Waals surface area contributed by atoms with Gasteiger partial charge in [-0.05, 0) is 50.5 Å². The molecule has 0 bridgehead atoms. The van der Waals surface area contributed by atoms with Gasteiger partial charge in [-0.3, -0.25) is 14.4 Å². The van der Waals surface area contributed by atoms with Gasteiger partial charge in [-0.1, -0.05) is 20.8 Å². The molecule has 0 saturated heterocycles. The molecule has 0 spiro atoms. The van der Waals surface area contributed by atoms with Crippen LogP contribution in [0.2, 0.25) is 0 Å². The number of amides is 3. The standard InChI is InChI=1S/C24H32N4O6S/c1-23(2,3)13-18(29)27-17-9-7-16(8-10-17)20(31)28(21-25-11-12-35-21)15-33-19(30)14-26-22(32)34-24(4,5)6/h7-12H,13-15H2,1-6H3,(H,26,32)(H,27,29). The highest BCUT2D eigenvalue weighted by Gasteiger charge is 2.23. The molecule has 0 radical (unpaired) electrons. The van der Waals surface area contributed by atoms with E-state index in [4.69, 9.17) is 9.47 Å². The van der Waals surface area contributed by atoms with E-state index in [1.54, 1.807) is 50.4 Å². The van der Waals surface area contributed by atoms with Gasteiger partial charge < -0.3 is 20.1 Å². The van der Waals surface area contributed by atoms with Crippen molar-refractivity contribution in [2.24, 2.45) is 5.41 Å². The number of alkyl carbamates (subject to hydrolysis) is 1. The topological polar surface area (TPSA) is 127 Å². The Bertz CT molecular complexity index is 1020. The van der Waals surface area contributed by atoms with Crippen LogP contribution in [0.5, 0.6) is 0 Å². The Morgan fingerprint density at radius 1 is 1.03 bits per heavy atom. The highest BCUT2D eigenvalue weighted by atomic mass is 32.1. The molecule has 0 atom stereocenters. The minimum Gasteiger partial charge on any atom is -0.444 e. The number of carbonyl (C=O) groups is 4. The molecule has 0 fully saturated rings. The van der Waals surface area contributed by atoms with Crippen LogP contribution in [0.3, 0.4) is 0 Å². The molecule has 11 heteroatoms. The molecule has 0 unspecified atom stereocenters. The summed E-state index contributed by atoms with van der Waals surface area (Å²) in [5.41, 5.74) is 0.0364. The number of esters is 1. The van der Waals surface area contributed by atoms with Crippen molar-refractivity contribution in [1.82, 2.24) is 10.3 Å². The third-order valence-corrected chi connectivity index (χ3v) is 4.93. The summed E-state index contributed by atoms with van der Waals surface area (Å²) in [7, 11) is 0. The van der Waals surface area contributed by atoms with Crippen LogP contribution in [0.4, 0.5) is 15.6 Å². The van der Waals surface area contributed by atoms with Crippen molar-refractivity contribution < 1.29 is 28.7 Å². The van der Waals surface area contributed by atoms with Crippen LogP contribution >= 0.6 is 11.3 Å². The molecule has 1 aromatic carbocycles. The van der Waals surface area contributed by atoms with Crippen molar-refractivity contribution in [2.45, 2.75) is 53.6 Å². The molecule has 3 amide bonds. The quantitative estimate of drug-likeness (QED) is 0.408. The third-order valence-electron chi connectivity index (χ3n) is 4.13. The predicted octanol–water partition coefficient (Wildman–Crippen LogP) is 4.19. The largest absolute Gasteiger partial charge is 0.444 e. The van der Waals surface area contributed by atoms with E-state index in [0.717, 1.165) is 0 Å². The monoisotopic (exact) mass is 504 g/mol. The van der Waals surface area contributed by atoms with Crippen molar-refractivity contribution in [3.8, 4) is 0 Å². The zero-order valence-electron chi connectivity index (χ0n) is 20.8. The van der Waals surface area contributed by atoms with E-state index in [9.17, 15) is 19.2 Å². The van der Waals surface area contributed by atoms with Crippen molar-refractivity contribution in [1.29, 1.82) is 0 Å². The van der Waals surface area contributed by atoms with Gasteiger partial charge in [0.1, 0.15) is 12.1 Å². The SMILES string of the molecule is CC(C)(C)CC(=O)Nc1ccc(C(=O)N(COC(=O)CNC(=O)OC(C)(C)C)c2nccs2)cc1. The number of anilines is 2. The summed E-state index contributed by atoms with van der Waals surface area (Å²) in [6.45, 7) is 10.2. The van der Waals surface area contributed by atoms with Crippen LogP contribution in [0, 0.1) is 5.41 Å². The average Bonchev–Trinajstić information content (AvgIpc) is 3.24. The highest BCUT2D eigenvalue weighted by molar-refractivity contribution is 7.13. The first-order chi connectivity index (χ1) is 16.2. The number of benzene rings is 1. The second-order valence-electron chi connectivity index (χ2n) is 9.91. The summed E-state index contributed by atoms with van der Waals surface area (Å²) in [5, 5.41) is 7.15. The first-order valence-corrected chi connectivity index (χ1v) is 11.9. The molecular formula is C24H32N4O6S. The molecule has 1 aromatic heterocycles. The van der Waals surface area contributed by atoms with Crippen molar-refractivity contribution in [3.05, 3.63) is 41.4 Å². The van der Waals surface area contributed by atoms with Gasteiger partial charge in [0.15, 0.2) is 11.9 Å². The maximum absolute atomic E-state index is 13.1. The second-order valence-corrected chi connectivity index (χ2v) is 10.8. The Labute approximate surface area is 209 Å². The highest BCUT2D eigenvalue weighted by Crippen LogP contribution is 2.22. The van der Waals surface area contributed by atoms with Gasteiger partial charge in [0.05, 0.1) is 0 Å². The number of thiazole rings is 1. The molecule has 0 aliphatic carbocycles. The summed E-state index contributed by atoms with van der Waals surface area (Å²) < 4.78 is 10.2. The zero-order chi connectivity index (χ0) is 26.2. The van der Waals surface area contributed by atoms with Crippen molar-refractivity contribution in [2.75, 3.05) is 23.5 Å². The molecule has 0 saturated carbocycles. The van der Waals surface area contributed by atoms with Crippen molar-refractivity contribution >= 4 is 46.0 Å². The normalized spacial score (nSPS) is 11.4. The molecule has 2 aromatic rings. The maximum atomic E-state index is 13.1. The fourth-order valence-corrected chi connectivity index (χ4v) is 3.36. The Hall–Kier alpha value is -3.47. The van der Waals surface area contributed by atoms with Crippen LogP contribution in [0.1, 0.15) is 58.3 Å². The van der Waals surface area contributed by atoms with E-state index < -0.39 is 36.8 Å². The maximum Gasteiger partial charge on any atom is 0.408 e. The third kappa shape index (κ3) is 10.1. The molecule has 35 heavy (non-hydrogen) atoms. The Morgan fingerprint density at radius 3 is 2.23 bits per heavy atom. The lowest BCUT2D eigenvalue weighted by atomic mass is 9.92. The Kier molecular flexibility index (Phi) is 9.35. The fourth-order valence-electron chi connectivity index (χ4n) is 2.73. The molecule has 2 rings (SSSR count). The number of rotatable bonds is 8. The van der Waals surface area contributed by atoms with E-state index in [0.29, 0.717) is 22.8 Å². The Morgan fingerprint density at radius 2 is 1.69 bits per heavy atom. The van der Waals surface area contributed by atoms with Gasteiger partial charge in [0.2, 0.25) is 5.91 Å². The number of nitrogens with one attached hydrogen (secondary N) is 2. The molecule has 0 aliphatic rings. The molecule has 2 N–H and O–H groups in total. The summed E-state index contributed by atoms with van der Waals surface area (Å²) in [6.07, 6.45) is 1.14. The van der Waals surface area contributed by atoms with Crippen LogP contribution in [0.25, 0.3) is 0 Å². The lowest BCUT2D eigenvalue weighted by Crippen LogP contribution is -2.38. The lowest BCUT2D eigenvalue weighted by molar-refractivity contribution is -0.142. The van der Waals surface area contributed by atoms with Crippen LogP contribution < -0.4 is 15.5 Å². The average molecular weight is 505 g/mol. The molecule has 0 aliphatic heterocycles. The smallest absolute Gasteiger partial charge is 0.408 e. The van der Waals surface area contributed by atoms with Gasteiger partial charge in [-0.2, -0.15) is 0 Å². The van der Waals surface area contributed by atoms with E-state index in [2.05, 4.69) is 15.6 Å². The minimum atomic E-state index is -0.753. The van der Waals surface area contributed by atoms with E-state index in [1.807, 2.05) is 20.8 Å². The van der Waals surface area contributed by atoms with E-state index in [-0.39, 0.29) is 11.3 Å². The minimum absolute atomic E-state index is 0.118. The van der Waals surface area contributed by atoms with Crippen LogP contribution in [-0.4, -0.2) is 47.7 Å². The number of ether oxygens (including phenoxy) is 2. The number of aromatic nitrogens is 1. The molecule has 190 valence electrons. The summed E-state index contributed by atoms with van der Waals surface area (Å²) >= 11 is 1.20. The first-order valence-electron chi connectivity index (χ1n) is 11.0. The number of hydrogen-bond donors (Lipinski definition) is 2. The number of nitrogens with zero attached hydrogens (tertiary/aromatic N) is 2. The zero-order valence-corrected chi connectivity index (χ0v) is 21.7. The van der Waals surface area contributed by atoms with E-state index in [1.165, 1.54) is 22.4 Å². The van der Waals surface area contributed by atoms with Crippen LogP contribution in [0.15, 0.2) is 35.8 Å². The second kappa shape index (κ2) is 11.8. The summed E-state index contributed by atoms with van der Waals surface area (Å²) in [4.78, 5) is 54.4. The van der Waals surface area contributed by atoms with Gasteiger partial charge in [0, 0.05) is 29.2 Å². The van der Waals surface area contributed by atoms with Gasteiger partial charge in [-0.25, -0.2) is 14.7 Å².